The SMILES string of the molecule is CC(C)(C)OC(=O)N1CCN(CCNC(=O)c2ccc(C#N)cc2)CC1. The number of carbonyl (C=O) groups excluding carboxylic acids is 2. The molecule has 2 rings (SSSR count). The lowest BCUT2D eigenvalue weighted by molar-refractivity contribution is 0.0147. The van der Waals surface area contributed by atoms with Gasteiger partial charge in [0.15, 0.2) is 0 Å². The Kier molecular flexibility index (Phi) is 6.58. The zero-order valence-corrected chi connectivity index (χ0v) is 15.6. The van der Waals surface area contributed by atoms with E-state index < -0.39 is 5.60 Å². The molecule has 1 saturated heterocycles. The maximum atomic E-state index is 12.1. The molecule has 26 heavy (non-hydrogen) atoms. The van der Waals surface area contributed by atoms with E-state index >= 15 is 0 Å². The van der Waals surface area contributed by atoms with Gasteiger partial charge < -0.3 is 15.0 Å². The third-order valence-electron chi connectivity index (χ3n) is 4.01. The van der Waals surface area contributed by atoms with Crippen molar-refractivity contribution in [1.29, 1.82) is 5.26 Å². The van der Waals surface area contributed by atoms with Gasteiger partial charge in [-0.2, -0.15) is 5.26 Å². The van der Waals surface area contributed by atoms with Gasteiger partial charge >= 0.3 is 6.09 Å². The molecule has 1 N–H and O–H groups in total. The van der Waals surface area contributed by atoms with E-state index in [4.69, 9.17) is 10.00 Å². The van der Waals surface area contributed by atoms with Gasteiger partial charge in [-0.25, -0.2) is 4.79 Å². The number of carbonyl (C=O) groups is 2. The van der Waals surface area contributed by atoms with Gasteiger partial charge in [0.25, 0.3) is 5.91 Å². The molecule has 1 aliphatic rings. The fraction of sp³-hybridized carbons (Fsp3) is 0.526. The first-order valence-corrected chi connectivity index (χ1v) is 8.77. The molecule has 0 saturated carbocycles. The van der Waals surface area contributed by atoms with E-state index in [1.54, 1.807) is 29.2 Å². The number of ether oxygens (including phenoxy) is 1. The van der Waals surface area contributed by atoms with Crippen LogP contribution in [0.15, 0.2) is 24.3 Å². The maximum absolute atomic E-state index is 12.1. The molecule has 1 fully saturated rings. The molecule has 1 aromatic carbocycles. The first-order chi connectivity index (χ1) is 12.3. The van der Waals surface area contributed by atoms with Crippen LogP contribution in [0.25, 0.3) is 0 Å². The van der Waals surface area contributed by atoms with Crippen LogP contribution in [0, 0.1) is 11.3 Å². The van der Waals surface area contributed by atoms with Gasteiger partial charge in [-0.3, -0.25) is 9.69 Å². The second-order valence-corrected chi connectivity index (χ2v) is 7.25. The van der Waals surface area contributed by atoms with Crippen LogP contribution in [0.1, 0.15) is 36.7 Å². The fourth-order valence-corrected chi connectivity index (χ4v) is 2.61. The van der Waals surface area contributed by atoms with Crippen molar-refractivity contribution in [2.24, 2.45) is 0 Å². The number of piperazine rings is 1. The van der Waals surface area contributed by atoms with Crippen molar-refractivity contribution < 1.29 is 14.3 Å². The van der Waals surface area contributed by atoms with Gasteiger partial charge in [0.1, 0.15) is 5.60 Å². The summed E-state index contributed by atoms with van der Waals surface area (Å²) in [5.41, 5.74) is 0.590. The van der Waals surface area contributed by atoms with Crippen LogP contribution < -0.4 is 5.32 Å². The Balaban J connectivity index is 1.69. The smallest absolute Gasteiger partial charge is 0.410 e. The molecule has 0 atom stereocenters. The summed E-state index contributed by atoms with van der Waals surface area (Å²) in [5.74, 6) is -0.151. The van der Waals surface area contributed by atoms with E-state index in [2.05, 4.69) is 10.2 Å². The van der Waals surface area contributed by atoms with E-state index in [0.29, 0.717) is 30.8 Å². The van der Waals surface area contributed by atoms with Crippen molar-refractivity contribution in [1.82, 2.24) is 15.1 Å². The molecular formula is C19H26N4O3. The zero-order valence-electron chi connectivity index (χ0n) is 15.6. The van der Waals surface area contributed by atoms with Gasteiger partial charge in [0, 0.05) is 44.8 Å². The zero-order chi connectivity index (χ0) is 19.2. The number of nitriles is 1. The first-order valence-electron chi connectivity index (χ1n) is 8.77. The fourth-order valence-electron chi connectivity index (χ4n) is 2.61. The average Bonchev–Trinajstić information content (AvgIpc) is 2.61. The predicted octanol–water partition coefficient (Wildman–Crippen LogP) is 1.84. The molecule has 2 amide bonds. The third kappa shape index (κ3) is 6.05. The predicted molar refractivity (Wildman–Crippen MR) is 97.7 cm³/mol. The van der Waals surface area contributed by atoms with Crippen molar-refractivity contribution >= 4 is 12.0 Å². The Morgan fingerprint density at radius 3 is 2.31 bits per heavy atom. The Hall–Kier alpha value is -2.59. The molecule has 1 aromatic rings. The normalized spacial score (nSPS) is 15.2. The quantitative estimate of drug-likeness (QED) is 0.888. The lowest BCUT2D eigenvalue weighted by Crippen LogP contribution is -2.51. The molecule has 7 nitrogen and oxygen atoms in total. The molecule has 1 heterocycles. The largest absolute Gasteiger partial charge is 0.444 e. The summed E-state index contributed by atoms with van der Waals surface area (Å²) < 4.78 is 5.38. The van der Waals surface area contributed by atoms with Crippen molar-refractivity contribution in [3.8, 4) is 6.07 Å². The summed E-state index contributed by atoms with van der Waals surface area (Å²) in [6.07, 6.45) is -0.272. The third-order valence-corrected chi connectivity index (χ3v) is 4.01. The van der Waals surface area contributed by atoms with E-state index in [1.807, 2.05) is 26.8 Å². The molecule has 0 bridgehead atoms. The molecular weight excluding hydrogens is 332 g/mol. The summed E-state index contributed by atoms with van der Waals surface area (Å²) in [4.78, 5) is 28.0. The minimum absolute atomic E-state index is 0.151. The van der Waals surface area contributed by atoms with Crippen molar-refractivity contribution in [3.63, 3.8) is 0 Å². The molecule has 1 aliphatic heterocycles. The van der Waals surface area contributed by atoms with Gasteiger partial charge in [0.2, 0.25) is 0 Å². The van der Waals surface area contributed by atoms with Crippen molar-refractivity contribution in [2.45, 2.75) is 26.4 Å². The molecule has 0 unspecified atom stereocenters. The second-order valence-electron chi connectivity index (χ2n) is 7.25. The Bertz CT molecular complexity index is 666. The highest BCUT2D eigenvalue weighted by Gasteiger charge is 2.25. The molecule has 140 valence electrons. The topological polar surface area (TPSA) is 85.7 Å². The van der Waals surface area contributed by atoms with Crippen LogP contribution in [-0.4, -0.2) is 66.7 Å². The number of benzene rings is 1. The summed E-state index contributed by atoms with van der Waals surface area (Å²) in [5, 5.41) is 11.7. The Labute approximate surface area is 154 Å². The first kappa shape index (κ1) is 19.7. The summed E-state index contributed by atoms with van der Waals surface area (Å²) in [7, 11) is 0. The van der Waals surface area contributed by atoms with Crippen LogP contribution in [0.4, 0.5) is 4.79 Å². The highest BCUT2D eigenvalue weighted by Crippen LogP contribution is 2.11. The number of amides is 2. The van der Waals surface area contributed by atoms with Gasteiger partial charge in [-0.05, 0) is 45.0 Å². The van der Waals surface area contributed by atoms with Gasteiger partial charge in [-0.1, -0.05) is 0 Å². The molecule has 0 aliphatic carbocycles. The van der Waals surface area contributed by atoms with Crippen LogP contribution >= 0.6 is 0 Å². The average molecular weight is 358 g/mol. The summed E-state index contributed by atoms with van der Waals surface area (Å²) >= 11 is 0. The maximum Gasteiger partial charge on any atom is 0.410 e. The minimum atomic E-state index is -0.482. The highest BCUT2D eigenvalue weighted by atomic mass is 16.6. The van der Waals surface area contributed by atoms with Crippen LogP contribution in [0.3, 0.4) is 0 Å². The molecule has 0 spiro atoms. The number of hydrogen-bond acceptors (Lipinski definition) is 5. The van der Waals surface area contributed by atoms with Gasteiger partial charge in [0.05, 0.1) is 11.6 Å². The minimum Gasteiger partial charge on any atom is -0.444 e. The van der Waals surface area contributed by atoms with E-state index in [-0.39, 0.29) is 12.0 Å². The number of nitrogens with one attached hydrogen (secondary N) is 1. The van der Waals surface area contributed by atoms with Crippen LogP contribution in [0.5, 0.6) is 0 Å². The lowest BCUT2D eigenvalue weighted by Gasteiger charge is -2.35. The van der Waals surface area contributed by atoms with Crippen LogP contribution in [0.2, 0.25) is 0 Å². The van der Waals surface area contributed by atoms with Crippen LogP contribution in [-0.2, 0) is 4.74 Å². The number of rotatable bonds is 4. The molecule has 7 heteroatoms. The Morgan fingerprint density at radius 2 is 1.77 bits per heavy atom. The van der Waals surface area contributed by atoms with Crippen molar-refractivity contribution in [3.05, 3.63) is 35.4 Å². The summed E-state index contributed by atoms with van der Waals surface area (Å²) in [6, 6.07) is 8.58. The van der Waals surface area contributed by atoms with E-state index in [0.717, 1.165) is 19.6 Å². The standard InChI is InChI=1S/C19H26N4O3/c1-19(2,3)26-18(25)23-12-10-22(11-13-23)9-8-21-17(24)16-6-4-15(14-20)5-7-16/h4-7H,8-13H2,1-3H3,(H,21,24). The lowest BCUT2D eigenvalue weighted by atomic mass is 10.1. The van der Waals surface area contributed by atoms with Crippen molar-refractivity contribution in [2.75, 3.05) is 39.3 Å². The highest BCUT2D eigenvalue weighted by molar-refractivity contribution is 5.94. The monoisotopic (exact) mass is 358 g/mol. The second kappa shape index (κ2) is 8.68. The number of hydrogen-bond donors (Lipinski definition) is 1. The summed E-state index contributed by atoms with van der Waals surface area (Å²) in [6.45, 7) is 9.59. The van der Waals surface area contributed by atoms with Gasteiger partial charge in [-0.15, -0.1) is 0 Å². The van der Waals surface area contributed by atoms with E-state index in [9.17, 15) is 9.59 Å². The molecule has 0 aromatic heterocycles. The van der Waals surface area contributed by atoms with E-state index in [1.165, 1.54) is 0 Å². The molecule has 0 radical (unpaired) electrons. The number of nitrogens with zero attached hydrogens (tertiary/aromatic N) is 3. The Morgan fingerprint density at radius 1 is 1.15 bits per heavy atom.